The number of hydrogen-bond donors (Lipinski definition) is 6. The Morgan fingerprint density at radius 3 is 1.49 bits per heavy atom. The van der Waals surface area contributed by atoms with Gasteiger partial charge in [0.15, 0.2) is 0 Å². The third kappa shape index (κ3) is 16.0. The normalized spacial score (nSPS) is 14.5. The number of carbonyl (C=O) groups is 7. The second-order valence-corrected chi connectivity index (χ2v) is 22.6. The fourth-order valence-electron chi connectivity index (χ4n) is 10.4. The van der Waals surface area contributed by atoms with Gasteiger partial charge >= 0.3 is 5.97 Å². The number of carbonyl (C=O) groups excluding carboxylic acids is 7. The second-order valence-electron chi connectivity index (χ2n) is 22.6. The molecule has 0 saturated carbocycles. The van der Waals surface area contributed by atoms with E-state index in [1.165, 1.54) is 0 Å². The number of hydrogen-bond acceptors (Lipinski definition) is 11. The van der Waals surface area contributed by atoms with Crippen LogP contribution in [0.25, 0.3) is 11.1 Å². The van der Waals surface area contributed by atoms with Gasteiger partial charge in [0, 0.05) is 18.8 Å². The summed E-state index contributed by atoms with van der Waals surface area (Å²) in [4.78, 5) is 99.5. The minimum atomic E-state index is -1.60. The van der Waals surface area contributed by atoms with Gasteiger partial charge < -0.3 is 46.5 Å². The molecule has 16 nitrogen and oxygen atoms in total. The van der Waals surface area contributed by atoms with Crippen molar-refractivity contribution in [3.05, 3.63) is 203 Å². The van der Waals surface area contributed by atoms with Crippen molar-refractivity contribution in [3.63, 3.8) is 0 Å². The first-order chi connectivity index (χ1) is 39.0. The SMILES string of the molecule is C[C@@H](OC(C)(C)C)[C@H](N)C(=O)N[C@@H](Cc1ccccc1)C(=O)N[C@H](C(=O)NCC(=O)N[C@@H](CCC(=O)NC(c1ccccc1)(c1ccccc1)c1ccccc1)C(=O)C(=O)OCC1c2ccccc2-c2ccccc21)[C@@H](C)OC(C)(C)C. The van der Waals surface area contributed by atoms with Crippen LogP contribution < -0.4 is 32.3 Å². The topological polar surface area (TPSA) is 233 Å². The van der Waals surface area contributed by atoms with Gasteiger partial charge in [0.25, 0.3) is 5.78 Å². The van der Waals surface area contributed by atoms with Gasteiger partial charge in [-0.2, -0.15) is 0 Å². The predicted octanol–water partition coefficient (Wildman–Crippen LogP) is 7.35. The highest BCUT2D eigenvalue weighted by atomic mass is 16.5. The fourth-order valence-corrected chi connectivity index (χ4v) is 10.4. The lowest BCUT2D eigenvalue weighted by Crippen LogP contribution is -2.61. The van der Waals surface area contributed by atoms with Crippen molar-refractivity contribution in [2.45, 2.75) is 134 Å². The summed E-state index contributed by atoms with van der Waals surface area (Å²) in [7, 11) is 0. The molecule has 16 heteroatoms. The van der Waals surface area contributed by atoms with E-state index in [-0.39, 0.29) is 31.8 Å². The molecule has 0 fully saturated rings. The Bertz CT molecular complexity index is 3020. The van der Waals surface area contributed by atoms with Crippen LogP contribution in [0.15, 0.2) is 170 Å². The first kappa shape index (κ1) is 61.3. The van der Waals surface area contributed by atoms with Crippen molar-refractivity contribution in [1.82, 2.24) is 26.6 Å². The standard InChI is InChI=1S/C66H76N6O10/c1-42(81-64(3,4)5)57(67)61(77)70-54(39-44-25-13-9-14-26-44)60(76)71-58(43(2)82-65(6,7)8)62(78)68-40-56(74)69-53(59(75)63(79)80-41-52-50-35-23-21-33-48(50)49-34-22-24-36-51(49)52)37-38-55(73)72-66(45-27-15-10-16-28-45,46-29-17-11-18-30-46)47-31-19-12-20-32-47/h9-36,42-43,52-54,57-58H,37-41,67H2,1-8H3,(H,68,78)(H,69,74)(H,70,77)(H,71,76)(H,72,73)/t42-,43-,53+,54+,57+,58+/m1/s1. The molecule has 0 bridgehead atoms. The molecule has 7 N–H and O–H groups in total. The summed E-state index contributed by atoms with van der Waals surface area (Å²) in [5.41, 5.74) is 10.5. The van der Waals surface area contributed by atoms with Gasteiger partial charge in [0.05, 0.1) is 36.0 Å². The van der Waals surface area contributed by atoms with Crippen molar-refractivity contribution in [1.29, 1.82) is 0 Å². The fraction of sp³-hybridized carbons (Fsp3) is 0.348. The highest BCUT2D eigenvalue weighted by Crippen LogP contribution is 2.44. The minimum absolute atomic E-state index is 0.0216. The third-order valence-corrected chi connectivity index (χ3v) is 14.1. The Labute approximate surface area is 480 Å². The van der Waals surface area contributed by atoms with Crippen LogP contribution in [0.1, 0.15) is 108 Å². The molecule has 1 aliphatic rings. The number of nitrogens with one attached hydrogen (secondary N) is 5. The molecule has 0 saturated heterocycles. The summed E-state index contributed by atoms with van der Waals surface area (Å²) in [5, 5.41) is 13.9. The van der Waals surface area contributed by atoms with E-state index in [1.54, 1.807) is 58.9 Å². The van der Waals surface area contributed by atoms with E-state index < -0.39 is 101 Å². The van der Waals surface area contributed by atoms with E-state index in [9.17, 15) is 33.6 Å². The van der Waals surface area contributed by atoms with E-state index in [0.29, 0.717) is 5.56 Å². The van der Waals surface area contributed by atoms with E-state index >= 15 is 0 Å². The van der Waals surface area contributed by atoms with Crippen LogP contribution in [0.4, 0.5) is 0 Å². The van der Waals surface area contributed by atoms with E-state index in [2.05, 4.69) is 26.6 Å². The van der Waals surface area contributed by atoms with Gasteiger partial charge in [-0.3, -0.25) is 28.8 Å². The number of ether oxygens (including phenoxy) is 3. The van der Waals surface area contributed by atoms with Gasteiger partial charge in [-0.15, -0.1) is 0 Å². The molecule has 0 aliphatic heterocycles. The quantitative estimate of drug-likeness (QED) is 0.0189. The van der Waals surface area contributed by atoms with Crippen LogP contribution in [0, 0.1) is 0 Å². The smallest absolute Gasteiger partial charge is 0.376 e. The van der Waals surface area contributed by atoms with Crippen molar-refractivity contribution >= 4 is 41.3 Å². The average Bonchev–Trinajstić information content (AvgIpc) is 3.95. The number of Topliss-reactive ketones (excluding diaryl/α,β-unsaturated/α-hetero) is 1. The molecule has 5 amide bonds. The Kier molecular flexibility index (Phi) is 20.5. The molecule has 1 aliphatic carbocycles. The third-order valence-electron chi connectivity index (χ3n) is 14.1. The number of ketones is 1. The average molecular weight is 1110 g/mol. The first-order valence-electron chi connectivity index (χ1n) is 27.7. The minimum Gasteiger partial charge on any atom is -0.459 e. The van der Waals surface area contributed by atoms with Gasteiger partial charge in [0.2, 0.25) is 29.5 Å². The Morgan fingerprint density at radius 1 is 0.524 bits per heavy atom. The first-order valence-corrected chi connectivity index (χ1v) is 27.7. The molecule has 0 radical (unpaired) electrons. The molecule has 0 heterocycles. The summed E-state index contributed by atoms with van der Waals surface area (Å²) in [6.45, 7) is 13.1. The molecular formula is C66H76N6O10. The van der Waals surface area contributed by atoms with E-state index in [0.717, 1.165) is 38.9 Å². The lowest BCUT2D eigenvalue weighted by atomic mass is 9.77. The number of amides is 5. The second kappa shape index (κ2) is 27.4. The summed E-state index contributed by atoms with van der Waals surface area (Å²) in [5.74, 6) is -6.37. The Balaban J connectivity index is 1.11. The zero-order valence-corrected chi connectivity index (χ0v) is 47.9. The lowest BCUT2D eigenvalue weighted by molar-refractivity contribution is -0.155. The highest BCUT2D eigenvalue weighted by molar-refractivity contribution is 6.36. The van der Waals surface area contributed by atoms with E-state index in [4.69, 9.17) is 19.9 Å². The highest BCUT2D eigenvalue weighted by Gasteiger charge is 2.40. The zero-order chi connectivity index (χ0) is 59.2. The largest absolute Gasteiger partial charge is 0.459 e. The van der Waals surface area contributed by atoms with Crippen LogP contribution in [-0.2, 0) is 59.7 Å². The number of rotatable bonds is 25. The molecule has 0 aromatic heterocycles. The molecule has 0 spiro atoms. The molecular weight excluding hydrogens is 1040 g/mol. The lowest BCUT2D eigenvalue weighted by Gasteiger charge is -2.37. The van der Waals surface area contributed by atoms with Crippen molar-refractivity contribution in [2.75, 3.05) is 13.2 Å². The molecule has 430 valence electrons. The van der Waals surface area contributed by atoms with Crippen LogP contribution in [-0.4, -0.2) is 102 Å². The van der Waals surface area contributed by atoms with E-state index in [1.807, 2.05) is 166 Å². The number of esters is 1. The monoisotopic (exact) mass is 1110 g/mol. The molecule has 82 heavy (non-hydrogen) atoms. The Hall–Kier alpha value is -8.31. The summed E-state index contributed by atoms with van der Waals surface area (Å²) in [6, 6.07) is 47.4. The maximum absolute atomic E-state index is 14.6. The van der Waals surface area contributed by atoms with Crippen molar-refractivity contribution < 1.29 is 47.8 Å². The zero-order valence-electron chi connectivity index (χ0n) is 47.9. The number of benzene rings is 6. The molecule has 7 rings (SSSR count). The van der Waals surface area contributed by atoms with Crippen LogP contribution in [0.3, 0.4) is 0 Å². The predicted molar refractivity (Wildman–Crippen MR) is 314 cm³/mol. The van der Waals surface area contributed by atoms with Crippen LogP contribution in [0.2, 0.25) is 0 Å². The van der Waals surface area contributed by atoms with Gasteiger partial charge in [-0.05, 0) is 106 Å². The maximum Gasteiger partial charge on any atom is 0.376 e. The molecule has 0 unspecified atom stereocenters. The summed E-state index contributed by atoms with van der Waals surface area (Å²) in [6.07, 6.45) is -2.41. The molecule has 6 atom stereocenters. The molecule has 6 aromatic rings. The van der Waals surface area contributed by atoms with Crippen LogP contribution >= 0.6 is 0 Å². The van der Waals surface area contributed by atoms with Crippen molar-refractivity contribution in [2.24, 2.45) is 5.73 Å². The summed E-state index contributed by atoms with van der Waals surface area (Å²) < 4.78 is 17.9. The Morgan fingerprint density at radius 2 is 0.988 bits per heavy atom. The number of nitrogens with two attached hydrogens (primary N) is 1. The number of fused-ring (bicyclic) bond motifs is 3. The molecule has 6 aromatic carbocycles. The maximum atomic E-state index is 14.6. The van der Waals surface area contributed by atoms with Gasteiger partial charge in [-0.1, -0.05) is 170 Å². The van der Waals surface area contributed by atoms with Gasteiger partial charge in [0.1, 0.15) is 30.3 Å². The van der Waals surface area contributed by atoms with Crippen molar-refractivity contribution in [3.8, 4) is 11.1 Å². The van der Waals surface area contributed by atoms with Crippen LogP contribution in [0.5, 0.6) is 0 Å². The van der Waals surface area contributed by atoms with Gasteiger partial charge in [-0.25, -0.2) is 4.79 Å². The summed E-state index contributed by atoms with van der Waals surface area (Å²) >= 11 is 0.